The van der Waals surface area contributed by atoms with E-state index < -0.39 is 9.84 Å². The van der Waals surface area contributed by atoms with Crippen LogP contribution in [0, 0.1) is 18.3 Å². The lowest BCUT2D eigenvalue weighted by Crippen LogP contribution is -2.16. The Morgan fingerprint density at radius 2 is 1.88 bits per heavy atom. The monoisotopic (exact) mass is 253 g/mol. The predicted octanol–water partition coefficient (Wildman–Crippen LogP) is 1.70. The largest absolute Gasteiger partial charge is 0.493 e. The van der Waals surface area contributed by atoms with E-state index in [2.05, 4.69) is 0 Å². The molecule has 5 heteroatoms. The van der Waals surface area contributed by atoms with Gasteiger partial charge in [0, 0.05) is 6.42 Å². The summed E-state index contributed by atoms with van der Waals surface area (Å²) in [4.78, 5) is 0. The Labute approximate surface area is 102 Å². The lowest BCUT2D eigenvalue weighted by Gasteiger charge is -2.06. The molecule has 0 aliphatic carbocycles. The van der Waals surface area contributed by atoms with Crippen molar-refractivity contribution in [2.75, 3.05) is 18.1 Å². The van der Waals surface area contributed by atoms with Crippen molar-refractivity contribution >= 4 is 9.84 Å². The summed E-state index contributed by atoms with van der Waals surface area (Å²) < 4.78 is 28.1. The second-order valence-electron chi connectivity index (χ2n) is 3.72. The highest BCUT2D eigenvalue weighted by molar-refractivity contribution is 7.91. The Morgan fingerprint density at radius 3 is 2.47 bits per heavy atom. The van der Waals surface area contributed by atoms with Gasteiger partial charge in [-0.2, -0.15) is 5.26 Å². The number of ether oxygens (including phenoxy) is 1. The molecular weight excluding hydrogens is 238 g/mol. The first-order valence-corrected chi connectivity index (χ1v) is 7.12. The van der Waals surface area contributed by atoms with Gasteiger partial charge in [-0.1, -0.05) is 17.7 Å². The lowest BCUT2D eigenvalue weighted by atomic mass is 10.2. The fourth-order valence-corrected chi connectivity index (χ4v) is 2.17. The molecule has 0 aliphatic rings. The molecule has 0 aromatic heterocycles. The van der Waals surface area contributed by atoms with E-state index in [9.17, 15) is 8.42 Å². The predicted molar refractivity (Wildman–Crippen MR) is 65.6 cm³/mol. The Balaban J connectivity index is 2.38. The number of hydrogen-bond donors (Lipinski definition) is 0. The van der Waals surface area contributed by atoms with E-state index in [0.29, 0.717) is 5.75 Å². The zero-order chi connectivity index (χ0) is 12.7. The molecule has 0 radical (unpaired) electrons. The summed E-state index contributed by atoms with van der Waals surface area (Å²) in [5, 5.41) is 8.31. The molecule has 0 heterocycles. The average molecular weight is 253 g/mol. The fourth-order valence-electron chi connectivity index (χ4n) is 1.22. The molecule has 0 fully saturated rings. The molecule has 17 heavy (non-hydrogen) atoms. The van der Waals surface area contributed by atoms with Crippen molar-refractivity contribution in [1.29, 1.82) is 5.26 Å². The first-order valence-electron chi connectivity index (χ1n) is 5.30. The Kier molecular flexibility index (Phi) is 4.98. The van der Waals surface area contributed by atoms with Crippen molar-refractivity contribution in [3.05, 3.63) is 29.8 Å². The zero-order valence-electron chi connectivity index (χ0n) is 9.72. The van der Waals surface area contributed by atoms with Gasteiger partial charge in [0.2, 0.25) is 0 Å². The van der Waals surface area contributed by atoms with Gasteiger partial charge >= 0.3 is 0 Å². The van der Waals surface area contributed by atoms with Crippen molar-refractivity contribution in [2.45, 2.75) is 13.3 Å². The normalized spacial score (nSPS) is 10.8. The number of nitriles is 1. The van der Waals surface area contributed by atoms with Gasteiger partial charge < -0.3 is 4.74 Å². The summed E-state index contributed by atoms with van der Waals surface area (Å²) in [5.41, 5.74) is 1.12. The third kappa shape index (κ3) is 5.36. The van der Waals surface area contributed by atoms with Crippen LogP contribution in [0.5, 0.6) is 5.75 Å². The molecule has 4 nitrogen and oxygen atoms in total. The third-order valence-corrected chi connectivity index (χ3v) is 3.82. The van der Waals surface area contributed by atoms with E-state index in [0.717, 1.165) is 5.56 Å². The van der Waals surface area contributed by atoms with E-state index in [1.165, 1.54) is 0 Å². The van der Waals surface area contributed by atoms with Crippen LogP contribution in [-0.2, 0) is 9.84 Å². The minimum Gasteiger partial charge on any atom is -0.493 e. The van der Waals surface area contributed by atoms with Gasteiger partial charge in [0.05, 0.1) is 17.6 Å². The first kappa shape index (κ1) is 13.5. The van der Waals surface area contributed by atoms with Crippen LogP contribution in [-0.4, -0.2) is 26.5 Å². The van der Waals surface area contributed by atoms with Gasteiger partial charge in [0.25, 0.3) is 0 Å². The van der Waals surface area contributed by atoms with Crippen molar-refractivity contribution in [3.63, 3.8) is 0 Å². The smallest absolute Gasteiger partial charge is 0.154 e. The van der Waals surface area contributed by atoms with Gasteiger partial charge in [0.15, 0.2) is 9.84 Å². The third-order valence-electron chi connectivity index (χ3n) is 2.21. The first-order chi connectivity index (χ1) is 8.03. The standard InChI is InChI=1S/C12H15NO3S/c1-11-3-5-12(6-4-11)16-8-10-17(14,15)9-2-7-13/h3-6H,2,8-10H2,1H3. The van der Waals surface area contributed by atoms with Crippen LogP contribution in [0.15, 0.2) is 24.3 Å². The number of sulfone groups is 1. The van der Waals surface area contributed by atoms with Crippen molar-refractivity contribution in [1.82, 2.24) is 0 Å². The molecule has 0 spiro atoms. The minimum atomic E-state index is -3.17. The quantitative estimate of drug-likeness (QED) is 0.774. The second-order valence-corrected chi connectivity index (χ2v) is 6.03. The van der Waals surface area contributed by atoms with Crippen molar-refractivity contribution in [3.8, 4) is 11.8 Å². The average Bonchev–Trinajstić information content (AvgIpc) is 2.29. The summed E-state index contributed by atoms with van der Waals surface area (Å²) >= 11 is 0. The fraction of sp³-hybridized carbons (Fsp3) is 0.417. The Bertz CT molecular complexity index is 485. The Morgan fingerprint density at radius 1 is 1.24 bits per heavy atom. The van der Waals surface area contributed by atoms with Crippen LogP contribution in [0.3, 0.4) is 0 Å². The van der Waals surface area contributed by atoms with Gasteiger partial charge in [-0.25, -0.2) is 8.42 Å². The summed E-state index contributed by atoms with van der Waals surface area (Å²) in [5.74, 6) is 0.509. The van der Waals surface area contributed by atoms with E-state index in [1.807, 2.05) is 25.1 Å². The lowest BCUT2D eigenvalue weighted by molar-refractivity contribution is 0.341. The van der Waals surface area contributed by atoms with E-state index in [-0.39, 0.29) is 24.5 Å². The van der Waals surface area contributed by atoms with Crippen LogP contribution in [0.4, 0.5) is 0 Å². The van der Waals surface area contributed by atoms with Gasteiger partial charge in [-0.15, -0.1) is 0 Å². The van der Waals surface area contributed by atoms with E-state index >= 15 is 0 Å². The Hall–Kier alpha value is -1.54. The molecule has 0 atom stereocenters. The van der Waals surface area contributed by atoms with Crippen molar-refractivity contribution in [2.24, 2.45) is 0 Å². The topological polar surface area (TPSA) is 67.2 Å². The van der Waals surface area contributed by atoms with Crippen LogP contribution < -0.4 is 4.74 Å². The summed E-state index contributed by atoms with van der Waals surface area (Å²) in [7, 11) is -3.17. The molecule has 0 saturated carbocycles. The number of nitrogens with zero attached hydrogens (tertiary/aromatic N) is 1. The van der Waals surface area contributed by atoms with Crippen LogP contribution in [0.2, 0.25) is 0 Å². The minimum absolute atomic E-state index is 0.0346. The van der Waals surface area contributed by atoms with Crippen LogP contribution in [0.1, 0.15) is 12.0 Å². The molecule has 0 N–H and O–H groups in total. The number of rotatable bonds is 6. The highest BCUT2D eigenvalue weighted by Gasteiger charge is 2.10. The highest BCUT2D eigenvalue weighted by Crippen LogP contribution is 2.11. The van der Waals surface area contributed by atoms with E-state index in [4.69, 9.17) is 10.00 Å². The number of hydrogen-bond acceptors (Lipinski definition) is 4. The SMILES string of the molecule is Cc1ccc(OCCS(=O)(=O)CCC#N)cc1. The maximum Gasteiger partial charge on any atom is 0.154 e. The summed E-state index contributed by atoms with van der Waals surface area (Å²) in [6.45, 7) is 2.09. The molecule has 0 aliphatic heterocycles. The number of benzene rings is 1. The zero-order valence-corrected chi connectivity index (χ0v) is 10.5. The molecule has 92 valence electrons. The molecule has 0 unspecified atom stereocenters. The molecule has 1 aromatic carbocycles. The van der Waals surface area contributed by atoms with Crippen LogP contribution >= 0.6 is 0 Å². The molecule has 1 rings (SSSR count). The van der Waals surface area contributed by atoms with Gasteiger partial charge in [0.1, 0.15) is 12.4 Å². The molecule has 0 amide bonds. The van der Waals surface area contributed by atoms with E-state index in [1.54, 1.807) is 12.1 Å². The molecule has 0 bridgehead atoms. The molecule has 1 aromatic rings. The summed E-state index contributed by atoms with van der Waals surface area (Å²) in [6, 6.07) is 9.23. The van der Waals surface area contributed by atoms with Gasteiger partial charge in [-0.3, -0.25) is 0 Å². The van der Waals surface area contributed by atoms with Crippen LogP contribution in [0.25, 0.3) is 0 Å². The van der Waals surface area contributed by atoms with Gasteiger partial charge in [-0.05, 0) is 19.1 Å². The maximum absolute atomic E-state index is 11.4. The number of aryl methyl sites for hydroxylation is 1. The van der Waals surface area contributed by atoms with Crippen molar-refractivity contribution < 1.29 is 13.2 Å². The second kappa shape index (κ2) is 6.26. The maximum atomic E-state index is 11.4. The highest BCUT2D eigenvalue weighted by atomic mass is 32.2. The summed E-state index contributed by atoms with van der Waals surface area (Å²) in [6.07, 6.45) is 0.0346. The molecular formula is C12H15NO3S. The molecule has 0 saturated heterocycles.